The Labute approximate surface area is 201 Å². The molecular formula is C24H26FN5O3S. The van der Waals surface area contributed by atoms with Crippen LogP contribution in [-0.2, 0) is 9.59 Å². The molecule has 178 valence electrons. The number of carbonyl (C=O) groups excluding carboxylic acids is 2. The Morgan fingerprint density at radius 2 is 1.76 bits per heavy atom. The Morgan fingerprint density at radius 3 is 2.47 bits per heavy atom. The Morgan fingerprint density at radius 1 is 1.03 bits per heavy atom. The second-order valence-corrected chi connectivity index (χ2v) is 9.10. The third-order valence-corrected chi connectivity index (χ3v) is 6.50. The van der Waals surface area contributed by atoms with Crippen molar-refractivity contribution in [3.05, 3.63) is 59.4 Å². The summed E-state index contributed by atoms with van der Waals surface area (Å²) in [5.41, 5.74) is 3.75. The van der Waals surface area contributed by atoms with Crippen LogP contribution in [0.4, 0.5) is 10.1 Å². The van der Waals surface area contributed by atoms with Crippen molar-refractivity contribution in [2.45, 2.75) is 19.1 Å². The SMILES string of the molecule is Cc1ccc(-c2nnc(SCC(=O)N3CCN(CC(=O)Nc4ccc(F)cc4)CC3)o2)cc1C. The van der Waals surface area contributed by atoms with Gasteiger partial charge in [-0.15, -0.1) is 10.2 Å². The van der Waals surface area contributed by atoms with E-state index >= 15 is 0 Å². The lowest BCUT2D eigenvalue weighted by atomic mass is 10.1. The number of thioether (sulfide) groups is 1. The summed E-state index contributed by atoms with van der Waals surface area (Å²) < 4.78 is 18.7. The molecule has 8 nitrogen and oxygen atoms in total. The molecule has 1 aliphatic heterocycles. The third kappa shape index (κ3) is 6.21. The standard InChI is InChI=1S/C24H26FN5O3S/c1-16-3-4-18(13-17(16)2)23-27-28-24(33-23)34-15-22(32)30-11-9-29(10-12-30)14-21(31)26-20-7-5-19(25)6-8-20/h3-8,13H,9-12,14-15H2,1-2H3,(H,26,31). The van der Waals surface area contributed by atoms with E-state index in [-0.39, 0.29) is 29.9 Å². The van der Waals surface area contributed by atoms with Crippen molar-refractivity contribution in [1.82, 2.24) is 20.0 Å². The van der Waals surface area contributed by atoms with Gasteiger partial charge < -0.3 is 14.6 Å². The predicted octanol–water partition coefficient (Wildman–Crippen LogP) is 3.37. The monoisotopic (exact) mass is 483 g/mol. The number of piperazine rings is 1. The van der Waals surface area contributed by atoms with Crippen LogP contribution < -0.4 is 5.32 Å². The lowest BCUT2D eigenvalue weighted by molar-refractivity contribution is -0.130. The van der Waals surface area contributed by atoms with E-state index in [4.69, 9.17) is 4.42 Å². The topological polar surface area (TPSA) is 91.6 Å². The first-order chi connectivity index (χ1) is 16.4. The van der Waals surface area contributed by atoms with Crippen molar-refractivity contribution in [2.75, 3.05) is 43.8 Å². The van der Waals surface area contributed by atoms with Crippen molar-refractivity contribution in [3.8, 4) is 11.5 Å². The molecule has 1 aromatic heterocycles. The average Bonchev–Trinajstić information content (AvgIpc) is 3.30. The van der Waals surface area contributed by atoms with Gasteiger partial charge in [-0.3, -0.25) is 14.5 Å². The number of nitrogens with zero attached hydrogens (tertiary/aromatic N) is 4. The Kier molecular flexibility index (Phi) is 7.59. The van der Waals surface area contributed by atoms with Gasteiger partial charge in [-0.25, -0.2) is 4.39 Å². The van der Waals surface area contributed by atoms with Crippen molar-refractivity contribution >= 4 is 29.3 Å². The van der Waals surface area contributed by atoms with E-state index in [2.05, 4.69) is 15.5 Å². The van der Waals surface area contributed by atoms with E-state index < -0.39 is 0 Å². The third-order valence-electron chi connectivity index (χ3n) is 5.70. The number of carbonyl (C=O) groups is 2. The Bertz CT molecular complexity index is 1160. The van der Waals surface area contributed by atoms with E-state index in [1.807, 2.05) is 36.9 Å². The summed E-state index contributed by atoms with van der Waals surface area (Å²) in [5, 5.41) is 11.3. The van der Waals surface area contributed by atoms with Gasteiger partial charge >= 0.3 is 0 Å². The van der Waals surface area contributed by atoms with Gasteiger partial charge in [0, 0.05) is 37.4 Å². The van der Waals surface area contributed by atoms with E-state index in [1.165, 1.54) is 41.6 Å². The first-order valence-electron chi connectivity index (χ1n) is 11.0. The zero-order chi connectivity index (χ0) is 24.1. The van der Waals surface area contributed by atoms with E-state index in [0.29, 0.717) is 43.0 Å². The van der Waals surface area contributed by atoms with Crippen LogP contribution in [0, 0.1) is 19.7 Å². The molecule has 1 saturated heterocycles. The summed E-state index contributed by atoms with van der Waals surface area (Å²) in [6.07, 6.45) is 0. The van der Waals surface area contributed by atoms with E-state index in [9.17, 15) is 14.0 Å². The lowest BCUT2D eigenvalue weighted by Crippen LogP contribution is -2.50. The number of anilines is 1. The molecule has 2 aromatic carbocycles. The fraction of sp³-hybridized carbons (Fsp3) is 0.333. The van der Waals surface area contributed by atoms with E-state index in [0.717, 1.165) is 11.1 Å². The number of nitrogens with one attached hydrogen (secondary N) is 1. The van der Waals surface area contributed by atoms with Crippen molar-refractivity contribution in [1.29, 1.82) is 0 Å². The van der Waals surface area contributed by atoms with Crippen LogP contribution in [0.15, 0.2) is 52.1 Å². The molecule has 0 bridgehead atoms. The fourth-order valence-electron chi connectivity index (χ4n) is 3.57. The minimum Gasteiger partial charge on any atom is -0.411 e. The van der Waals surface area contributed by atoms with Crippen molar-refractivity contribution in [2.24, 2.45) is 0 Å². The second-order valence-electron chi connectivity index (χ2n) is 8.17. The summed E-state index contributed by atoms with van der Waals surface area (Å²) in [6, 6.07) is 11.6. The number of halogens is 1. The molecule has 10 heteroatoms. The summed E-state index contributed by atoms with van der Waals surface area (Å²) in [4.78, 5) is 28.6. The van der Waals surface area contributed by atoms with Gasteiger partial charge in [0.25, 0.3) is 5.22 Å². The van der Waals surface area contributed by atoms with E-state index in [1.54, 1.807) is 4.90 Å². The number of hydrogen-bond acceptors (Lipinski definition) is 7. The summed E-state index contributed by atoms with van der Waals surface area (Å²) in [5.74, 6) is 0.118. The molecule has 1 aliphatic rings. The minimum absolute atomic E-state index is 0.00801. The first-order valence-corrected chi connectivity index (χ1v) is 12.0. The van der Waals surface area contributed by atoms with Crippen LogP contribution in [0.1, 0.15) is 11.1 Å². The molecule has 4 rings (SSSR count). The molecule has 1 N–H and O–H groups in total. The van der Waals surface area contributed by atoms with Gasteiger partial charge in [-0.05, 0) is 61.4 Å². The van der Waals surface area contributed by atoms with Gasteiger partial charge in [-0.1, -0.05) is 17.8 Å². The normalized spacial score (nSPS) is 14.3. The van der Waals surface area contributed by atoms with Crippen LogP contribution >= 0.6 is 11.8 Å². The molecule has 1 fully saturated rings. The second kappa shape index (κ2) is 10.8. The largest absolute Gasteiger partial charge is 0.411 e. The Balaban J connectivity index is 1.20. The molecule has 0 spiro atoms. The fourth-order valence-corrected chi connectivity index (χ4v) is 4.23. The van der Waals surface area contributed by atoms with Crippen molar-refractivity contribution in [3.63, 3.8) is 0 Å². The number of aryl methyl sites for hydroxylation is 2. The number of benzene rings is 2. The van der Waals surface area contributed by atoms with Crippen LogP contribution in [0.5, 0.6) is 0 Å². The van der Waals surface area contributed by atoms with Gasteiger partial charge in [0.05, 0.1) is 12.3 Å². The zero-order valence-corrected chi connectivity index (χ0v) is 19.9. The molecule has 0 atom stereocenters. The average molecular weight is 484 g/mol. The molecule has 0 radical (unpaired) electrons. The lowest BCUT2D eigenvalue weighted by Gasteiger charge is -2.34. The van der Waals surface area contributed by atoms with Gasteiger partial charge in [-0.2, -0.15) is 0 Å². The highest BCUT2D eigenvalue weighted by Gasteiger charge is 2.23. The molecule has 0 unspecified atom stereocenters. The van der Waals surface area contributed by atoms with Gasteiger partial charge in [0.15, 0.2) is 0 Å². The molecule has 0 aliphatic carbocycles. The summed E-state index contributed by atoms with van der Waals surface area (Å²) in [7, 11) is 0. The highest BCUT2D eigenvalue weighted by Crippen LogP contribution is 2.25. The number of hydrogen-bond donors (Lipinski definition) is 1. The summed E-state index contributed by atoms with van der Waals surface area (Å²) >= 11 is 1.22. The molecule has 2 heterocycles. The van der Waals surface area contributed by atoms with Crippen LogP contribution in [0.3, 0.4) is 0 Å². The number of rotatable bonds is 7. The highest BCUT2D eigenvalue weighted by atomic mass is 32.2. The van der Waals surface area contributed by atoms with Gasteiger partial charge in [0.2, 0.25) is 17.7 Å². The van der Waals surface area contributed by atoms with Crippen LogP contribution in [0.2, 0.25) is 0 Å². The van der Waals surface area contributed by atoms with Crippen molar-refractivity contribution < 1.29 is 18.4 Å². The molecule has 2 amide bonds. The molecular weight excluding hydrogens is 457 g/mol. The minimum atomic E-state index is -0.349. The van der Waals surface area contributed by atoms with Crippen LogP contribution in [0.25, 0.3) is 11.5 Å². The zero-order valence-electron chi connectivity index (χ0n) is 19.1. The number of aromatic nitrogens is 2. The maximum absolute atomic E-state index is 13.0. The maximum Gasteiger partial charge on any atom is 0.277 e. The maximum atomic E-state index is 13.0. The Hall–Kier alpha value is -3.24. The highest BCUT2D eigenvalue weighted by molar-refractivity contribution is 7.99. The van der Waals surface area contributed by atoms with Gasteiger partial charge in [0.1, 0.15) is 5.82 Å². The smallest absolute Gasteiger partial charge is 0.277 e. The molecule has 34 heavy (non-hydrogen) atoms. The predicted molar refractivity (Wildman–Crippen MR) is 128 cm³/mol. The molecule has 3 aromatic rings. The molecule has 0 saturated carbocycles. The summed E-state index contributed by atoms with van der Waals surface area (Å²) in [6.45, 7) is 6.58. The number of amides is 2. The first kappa shape index (κ1) is 23.9. The van der Waals surface area contributed by atoms with Crippen LogP contribution in [-0.4, -0.2) is 70.3 Å². The quantitative estimate of drug-likeness (QED) is 0.515.